The third-order valence-corrected chi connectivity index (χ3v) is 5.66. The molecule has 2 N–H and O–H groups in total. The molecule has 0 aliphatic heterocycles. The minimum atomic E-state index is -0.295. The predicted molar refractivity (Wildman–Crippen MR) is 95.7 cm³/mol. The van der Waals surface area contributed by atoms with Crippen molar-refractivity contribution in [3.63, 3.8) is 0 Å². The molecule has 2 aromatic rings. The maximum atomic E-state index is 12.5. The molecular formula is C17H23N5O2S. The fourth-order valence-electron chi connectivity index (χ4n) is 3.05. The Hall–Kier alpha value is -2.09. The van der Waals surface area contributed by atoms with Crippen LogP contribution in [0.5, 0.6) is 5.75 Å². The maximum absolute atomic E-state index is 12.5. The molecule has 1 aromatic carbocycles. The second-order valence-corrected chi connectivity index (χ2v) is 7.83. The molecule has 1 aliphatic rings. The molecule has 1 heterocycles. The minimum Gasteiger partial charge on any atom is -0.508 e. The van der Waals surface area contributed by atoms with Gasteiger partial charge in [0, 0.05) is 6.04 Å². The maximum Gasteiger partial charge on any atom is 0.233 e. The van der Waals surface area contributed by atoms with Crippen LogP contribution >= 0.6 is 11.8 Å². The molecule has 1 fully saturated rings. The van der Waals surface area contributed by atoms with Gasteiger partial charge in [-0.25, -0.2) is 0 Å². The van der Waals surface area contributed by atoms with Crippen LogP contribution < -0.4 is 5.32 Å². The monoisotopic (exact) mass is 361 g/mol. The SMILES string of the molecule is C[C@H](Sc1nnnn1-c1ccc(O)cc1)C(=O)N[C@H]1CCCC[C@@H]1C. The van der Waals surface area contributed by atoms with Crippen molar-refractivity contribution < 1.29 is 9.90 Å². The first kappa shape index (κ1) is 17.7. The molecule has 7 nitrogen and oxygen atoms in total. The summed E-state index contributed by atoms with van der Waals surface area (Å²) in [7, 11) is 0. The summed E-state index contributed by atoms with van der Waals surface area (Å²) in [4.78, 5) is 12.5. The highest BCUT2D eigenvalue weighted by Crippen LogP contribution is 2.26. The third-order valence-electron chi connectivity index (χ3n) is 4.63. The summed E-state index contributed by atoms with van der Waals surface area (Å²) in [6.07, 6.45) is 4.65. The number of tetrazole rings is 1. The van der Waals surface area contributed by atoms with Crippen molar-refractivity contribution in [1.29, 1.82) is 0 Å². The van der Waals surface area contributed by atoms with Crippen LogP contribution in [-0.4, -0.2) is 42.5 Å². The number of benzene rings is 1. The van der Waals surface area contributed by atoms with E-state index < -0.39 is 0 Å². The molecule has 1 saturated carbocycles. The lowest BCUT2D eigenvalue weighted by molar-refractivity contribution is -0.121. The number of phenols is 1. The Morgan fingerprint density at radius 3 is 2.76 bits per heavy atom. The third kappa shape index (κ3) is 4.31. The van der Waals surface area contributed by atoms with Gasteiger partial charge in [-0.2, -0.15) is 4.68 Å². The first-order valence-corrected chi connectivity index (χ1v) is 9.47. The summed E-state index contributed by atoms with van der Waals surface area (Å²) < 4.78 is 1.57. The van der Waals surface area contributed by atoms with Crippen molar-refractivity contribution >= 4 is 17.7 Å². The first-order valence-electron chi connectivity index (χ1n) is 8.59. The van der Waals surface area contributed by atoms with Crippen LogP contribution in [0.25, 0.3) is 5.69 Å². The van der Waals surface area contributed by atoms with E-state index in [1.165, 1.54) is 31.0 Å². The number of hydrogen-bond acceptors (Lipinski definition) is 6. The fraction of sp³-hybridized carbons (Fsp3) is 0.529. The molecule has 1 aliphatic carbocycles. The molecule has 8 heteroatoms. The number of carbonyl (C=O) groups excluding carboxylic acids is 1. The van der Waals surface area contributed by atoms with E-state index in [1.54, 1.807) is 28.9 Å². The fourth-order valence-corrected chi connectivity index (χ4v) is 3.87. The van der Waals surface area contributed by atoms with Crippen LogP contribution in [-0.2, 0) is 4.79 Å². The minimum absolute atomic E-state index is 0.0176. The standard InChI is InChI=1S/C17H23N5O2S/c1-11-5-3-4-6-15(11)18-16(24)12(2)25-17-19-20-21-22(17)13-7-9-14(23)10-8-13/h7-12,15,23H,3-6H2,1-2H3,(H,18,24)/t11-,12-,15-/m0/s1. The van der Waals surface area contributed by atoms with Gasteiger partial charge in [-0.1, -0.05) is 31.5 Å². The summed E-state index contributed by atoms with van der Waals surface area (Å²) in [5, 5.41) is 24.5. The Kier molecular flexibility index (Phi) is 5.57. The van der Waals surface area contributed by atoms with Crippen LogP contribution in [0.2, 0.25) is 0 Å². The van der Waals surface area contributed by atoms with E-state index in [0.29, 0.717) is 11.1 Å². The molecule has 1 amide bonds. The highest BCUT2D eigenvalue weighted by atomic mass is 32.2. The van der Waals surface area contributed by atoms with E-state index in [2.05, 4.69) is 27.8 Å². The van der Waals surface area contributed by atoms with Crippen LogP contribution in [0.3, 0.4) is 0 Å². The van der Waals surface area contributed by atoms with Gasteiger partial charge in [-0.05, 0) is 60.4 Å². The zero-order chi connectivity index (χ0) is 17.8. The summed E-state index contributed by atoms with van der Waals surface area (Å²) in [5.74, 6) is 0.724. The number of rotatable bonds is 5. The lowest BCUT2D eigenvalue weighted by Crippen LogP contribution is -2.44. The van der Waals surface area contributed by atoms with Gasteiger partial charge >= 0.3 is 0 Å². The second kappa shape index (κ2) is 7.86. The molecule has 25 heavy (non-hydrogen) atoms. The van der Waals surface area contributed by atoms with Crippen LogP contribution in [0.4, 0.5) is 0 Å². The van der Waals surface area contributed by atoms with E-state index in [4.69, 9.17) is 0 Å². The van der Waals surface area contributed by atoms with Crippen molar-refractivity contribution in [3.8, 4) is 11.4 Å². The van der Waals surface area contributed by atoms with Crippen molar-refractivity contribution in [2.75, 3.05) is 0 Å². The highest BCUT2D eigenvalue weighted by molar-refractivity contribution is 8.00. The van der Waals surface area contributed by atoms with E-state index >= 15 is 0 Å². The first-order chi connectivity index (χ1) is 12.0. The van der Waals surface area contributed by atoms with Gasteiger partial charge in [-0.3, -0.25) is 4.79 Å². The van der Waals surface area contributed by atoms with Gasteiger partial charge < -0.3 is 10.4 Å². The van der Waals surface area contributed by atoms with E-state index in [1.807, 2.05) is 6.92 Å². The van der Waals surface area contributed by atoms with Gasteiger partial charge in [0.1, 0.15) is 5.75 Å². The number of nitrogens with zero attached hydrogens (tertiary/aromatic N) is 4. The van der Waals surface area contributed by atoms with Gasteiger partial charge in [0.2, 0.25) is 11.1 Å². The van der Waals surface area contributed by atoms with Crippen molar-refractivity contribution in [2.24, 2.45) is 5.92 Å². The molecule has 3 rings (SSSR count). The van der Waals surface area contributed by atoms with Gasteiger partial charge in [0.25, 0.3) is 0 Å². The number of aromatic hydroxyl groups is 1. The summed E-state index contributed by atoms with van der Waals surface area (Å²) >= 11 is 1.33. The van der Waals surface area contributed by atoms with E-state index in [0.717, 1.165) is 12.1 Å². The number of aromatic nitrogens is 4. The van der Waals surface area contributed by atoms with Crippen molar-refractivity contribution in [2.45, 2.75) is 56.0 Å². The molecule has 0 bridgehead atoms. The molecule has 0 unspecified atom stereocenters. The summed E-state index contributed by atoms with van der Waals surface area (Å²) in [6.45, 7) is 4.07. The van der Waals surface area contributed by atoms with Gasteiger partial charge in [0.05, 0.1) is 10.9 Å². The largest absolute Gasteiger partial charge is 0.508 e. The van der Waals surface area contributed by atoms with Crippen LogP contribution in [0.1, 0.15) is 39.5 Å². The van der Waals surface area contributed by atoms with Crippen LogP contribution in [0, 0.1) is 5.92 Å². The molecule has 1 aromatic heterocycles. The molecule has 0 radical (unpaired) electrons. The molecule has 3 atom stereocenters. The predicted octanol–water partition coefficient (Wildman–Crippen LogP) is 2.54. The van der Waals surface area contributed by atoms with Gasteiger partial charge in [-0.15, -0.1) is 5.10 Å². The Bertz CT molecular complexity index is 718. The molecule has 0 spiro atoms. The Morgan fingerprint density at radius 1 is 1.32 bits per heavy atom. The zero-order valence-corrected chi connectivity index (χ0v) is 15.2. The number of hydrogen-bond donors (Lipinski definition) is 2. The Labute approximate surface area is 151 Å². The Balaban J connectivity index is 1.65. The average molecular weight is 361 g/mol. The smallest absolute Gasteiger partial charge is 0.233 e. The van der Waals surface area contributed by atoms with E-state index in [-0.39, 0.29) is 22.9 Å². The summed E-state index contributed by atoms with van der Waals surface area (Å²) in [6, 6.07) is 6.87. The normalized spacial score (nSPS) is 21.7. The molecule has 134 valence electrons. The number of thioether (sulfide) groups is 1. The van der Waals surface area contributed by atoms with Gasteiger partial charge in [0.15, 0.2) is 0 Å². The number of carbonyl (C=O) groups is 1. The second-order valence-electron chi connectivity index (χ2n) is 6.53. The quantitative estimate of drug-likeness (QED) is 0.795. The number of nitrogens with one attached hydrogen (secondary N) is 1. The van der Waals surface area contributed by atoms with E-state index in [9.17, 15) is 9.90 Å². The highest BCUT2D eigenvalue weighted by Gasteiger charge is 2.26. The number of amides is 1. The lowest BCUT2D eigenvalue weighted by Gasteiger charge is -2.30. The number of phenolic OH excluding ortho intramolecular Hbond substituents is 1. The topological polar surface area (TPSA) is 92.9 Å². The molecule has 0 saturated heterocycles. The zero-order valence-electron chi connectivity index (χ0n) is 14.4. The molecular weight excluding hydrogens is 338 g/mol. The van der Waals surface area contributed by atoms with Crippen molar-refractivity contribution in [3.05, 3.63) is 24.3 Å². The average Bonchev–Trinajstić information content (AvgIpc) is 3.05. The lowest BCUT2D eigenvalue weighted by atomic mass is 9.86. The van der Waals surface area contributed by atoms with Crippen LogP contribution in [0.15, 0.2) is 29.4 Å². The summed E-state index contributed by atoms with van der Waals surface area (Å²) in [5.41, 5.74) is 0.735. The Morgan fingerprint density at radius 2 is 2.04 bits per heavy atom. The van der Waals surface area contributed by atoms with Crippen molar-refractivity contribution in [1.82, 2.24) is 25.5 Å².